The predicted octanol–water partition coefficient (Wildman–Crippen LogP) is 7.48. The normalized spacial score (nSPS) is 12.1. The topological polar surface area (TPSA) is 122 Å². The number of aryl methyl sites for hydroxylation is 1. The fraction of sp³-hybridized carbons (Fsp3) is 0.571. The molecule has 10 nitrogen and oxygen atoms in total. The smallest absolute Gasteiger partial charge is 0.269 e. The summed E-state index contributed by atoms with van der Waals surface area (Å²) >= 11 is 1.02. The van der Waals surface area contributed by atoms with Crippen LogP contribution in [-0.4, -0.2) is 35.3 Å². The molecule has 0 aliphatic heterocycles. The number of fused-ring (bicyclic) bond motifs is 1. The minimum absolute atomic E-state index is 0.0227. The molecule has 0 radical (unpaired) electrons. The third kappa shape index (κ3) is 8.39. The Labute approximate surface area is 233 Å². The monoisotopic (exact) mass is 557 g/mol. The Morgan fingerprint density at radius 1 is 0.974 bits per heavy atom. The molecule has 0 aliphatic rings. The fourth-order valence-corrected chi connectivity index (χ4v) is 5.33. The molecule has 0 amide bonds. The molecule has 39 heavy (non-hydrogen) atoms. The van der Waals surface area contributed by atoms with E-state index >= 15 is 0 Å². The summed E-state index contributed by atoms with van der Waals surface area (Å²) in [5, 5.41) is 20.1. The molecule has 0 bridgehead atoms. The number of carbonyl (C=O) groups is 2. The quantitative estimate of drug-likeness (QED) is 0.0769. The van der Waals surface area contributed by atoms with Gasteiger partial charge in [0.15, 0.2) is 22.7 Å². The van der Waals surface area contributed by atoms with Gasteiger partial charge in [-0.2, -0.15) is 14.3 Å². The minimum atomic E-state index is -0.543. The van der Waals surface area contributed by atoms with Crippen LogP contribution in [0, 0.1) is 17.0 Å². The van der Waals surface area contributed by atoms with Crippen molar-refractivity contribution in [2.45, 2.75) is 109 Å². The Bertz CT molecular complexity index is 1270. The van der Waals surface area contributed by atoms with Crippen molar-refractivity contribution in [3.63, 3.8) is 0 Å². The Morgan fingerprint density at radius 2 is 1.56 bits per heavy atom. The number of nitrogens with zero attached hydrogens (tertiary/aromatic N) is 5. The number of nitro benzene ring substituents is 1. The maximum Gasteiger partial charge on any atom is 0.269 e. The second-order valence-corrected chi connectivity index (χ2v) is 11.0. The molecule has 11 heteroatoms. The lowest BCUT2D eigenvalue weighted by molar-refractivity contribution is -0.384. The number of unbranched alkanes of at least 4 members (excludes halogenated alkanes) is 9. The number of nitro groups is 1. The molecule has 2 aromatic heterocycles. The van der Waals surface area contributed by atoms with Crippen LogP contribution in [0.5, 0.6) is 5.75 Å². The van der Waals surface area contributed by atoms with E-state index in [0.29, 0.717) is 34.2 Å². The summed E-state index contributed by atoms with van der Waals surface area (Å²) in [6, 6.07) is 5.93. The number of hydrogen-bond acceptors (Lipinski definition) is 8. The Hall–Kier alpha value is -3.21. The first-order valence-corrected chi connectivity index (χ1v) is 14.6. The molecule has 1 aromatic carbocycles. The molecular formula is C28H39N5O5S. The summed E-state index contributed by atoms with van der Waals surface area (Å²) in [5.41, 5.74) is 1.04. The number of thioether (sulfide) groups is 1. The average Bonchev–Trinajstić information content (AvgIpc) is 3.41. The van der Waals surface area contributed by atoms with Gasteiger partial charge in [-0.15, -0.1) is 5.10 Å². The molecule has 0 fully saturated rings. The highest BCUT2D eigenvalue weighted by Gasteiger charge is 2.28. The van der Waals surface area contributed by atoms with Crippen LogP contribution in [-0.2, 0) is 4.79 Å². The highest BCUT2D eigenvalue weighted by atomic mass is 32.2. The third-order valence-corrected chi connectivity index (χ3v) is 7.55. The summed E-state index contributed by atoms with van der Waals surface area (Å²) in [7, 11) is 0. The Balaban J connectivity index is 1.80. The molecule has 2 heterocycles. The minimum Gasteiger partial charge on any atom is -0.482 e. The maximum absolute atomic E-state index is 12.5. The zero-order valence-corrected chi connectivity index (χ0v) is 24.2. The number of non-ortho nitro benzene ring substituents is 1. The van der Waals surface area contributed by atoms with Gasteiger partial charge in [-0.1, -0.05) is 64.7 Å². The van der Waals surface area contributed by atoms with Gasteiger partial charge in [0.05, 0.1) is 15.5 Å². The van der Waals surface area contributed by atoms with Gasteiger partial charge in [0.25, 0.3) is 5.69 Å². The van der Waals surface area contributed by atoms with Crippen LogP contribution in [0.1, 0.15) is 114 Å². The zero-order chi connectivity index (χ0) is 28.4. The van der Waals surface area contributed by atoms with Crippen molar-refractivity contribution in [3.05, 3.63) is 45.9 Å². The fourth-order valence-electron chi connectivity index (χ4n) is 4.59. The molecule has 0 saturated carbocycles. The first-order chi connectivity index (χ1) is 18.7. The number of hydrogen-bond donors (Lipinski definition) is 0. The van der Waals surface area contributed by atoms with E-state index in [1.165, 1.54) is 75.6 Å². The Morgan fingerprint density at radius 3 is 2.10 bits per heavy atom. The molecule has 3 aromatic rings. The third-order valence-electron chi connectivity index (χ3n) is 6.58. The zero-order valence-electron chi connectivity index (χ0n) is 23.4. The molecule has 212 valence electrons. The van der Waals surface area contributed by atoms with E-state index in [1.54, 1.807) is 23.6 Å². The predicted molar refractivity (Wildman–Crippen MR) is 151 cm³/mol. The van der Waals surface area contributed by atoms with Gasteiger partial charge in [0.1, 0.15) is 5.75 Å². The van der Waals surface area contributed by atoms with E-state index < -0.39 is 11.0 Å². The summed E-state index contributed by atoms with van der Waals surface area (Å²) in [6.45, 7) is 6.90. The highest BCUT2D eigenvalue weighted by molar-refractivity contribution is 8.13. The number of benzene rings is 1. The summed E-state index contributed by atoms with van der Waals surface area (Å²) in [5.74, 6) is 0.614. The van der Waals surface area contributed by atoms with Crippen LogP contribution in [0.15, 0.2) is 29.2 Å². The van der Waals surface area contributed by atoms with Gasteiger partial charge in [-0.25, -0.2) is 0 Å². The second kappa shape index (κ2) is 14.8. The lowest BCUT2D eigenvalue weighted by Crippen LogP contribution is -2.14. The van der Waals surface area contributed by atoms with E-state index in [2.05, 4.69) is 17.1 Å². The molecular weight excluding hydrogens is 518 g/mol. The lowest BCUT2D eigenvalue weighted by Gasteiger charge is -2.17. The highest BCUT2D eigenvalue weighted by Crippen LogP contribution is 2.33. The molecule has 0 aliphatic carbocycles. The van der Waals surface area contributed by atoms with Gasteiger partial charge < -0.3 is 4.74 Å². The van der Waals surface area contributed by atoms with Crippen molar-refractivity contribution in [1.29, 1.82) is 0 Å². The molecule has 0 N–H and O–H groups in total. The van der Waals surface area contributed by atoms with Crippen molar-refractivity contribution in [3.8, 4) is 5.75 Å². The second-order valence-electron chi connectivity index (χ2n) is 9.86. The van der Waals surface area contributed by atoms with Crippen LogP contribution < -0.4 is 4.74 Å². The van der Waals surface area contributed by atoms with E-state index in [4.69, 9.17) is 4.74 Å². The van der Waals surface area contributed by atoms with Gasteiger partial charge in [-0.05, 0) is 43.7 Å². The van der Waals surface area contributed by atoms with Crippen molar-refractivity contribution in [2.75, 3.05) is 0 Å². The van der Waals surface area contributed by atoms with Gasteiger partial charge >= 0.3 is 0 Å². The largest absolute Gasteiger partial charge is 0.482 e. The maximum atomic E-state index is 12.5. The molecule has 1 atom stereocenters. The Kier molecular flexibility index (Phi) is 11.5. The van der Waals surface area contributed by atoms with E-state index in [0.717, 1.165) is 31.0 Å². The van der Waals surface area contributed by atoms with E-state index in [-0.39, 0.29) is 16.7 Å². The summed E-state index contributed by atoms with van der Waals surface area (Å²) in [6.07, 6.45) is 12.1. The van der Waals surface area contributed by atoms with Gasteiger partial charge in [0.2, 0.25) is 5.91 Å². The van der Waals surface area contributed by atoms with Crippen LogP contribution in [0.25, 0.3) is 5.65 Å². The summed E-state index contributed by atoms with van der Waals surface area (Å²) < 4.78 is 9.17. The van der Waals surface area contributed by atoms with Crippen molar-refractivity contribution >= 4 is 34.1 Å². The molecule has 3 rings (SSSR count). The first kappa shape index (κ1) is 30.3. The SMILES string of the molecule is CCCCCCCCCCCCC(Oc1ccc([N+](=O)[O-])cc1)c1nn(C(C)=O)c2c(SC(C)=O)c(C)nn12. The van der Waals surface area contributed by atoms with Crippen LogP contribution in [0.3, 0.4) is 0 Å². The number of carbonyl (C=O) groups excluding carboxylic acids is 2. The van der Waals surface area contributed by atoms with Crippen LogP contribution in [0.2, 0.25) is 0 Å². The van der Waals surface area contributed by atoms with Crippen molar-refractivity contribution in [1.82, 2.24) is 19.4 Å². The molecule has 0 saturated heterocycles. The van der Waals surface area contributed by atoms with Crippen molar-refractivity contribution in [2.24, 2.45) is 0 Å². The van der Waals surface area contributed by atoms with Gasteiger partial charge in [0, 0.05) is 26.0 Å². The lowest BCUT2D eigenvalue weighted by atomic mass is 10.0. The van der Waals surface area contributed by atoms with Crippen molar-refractivity contribution < 1.29 is 19.2 Å². The first-order valence-electron chi connectivity index (χ1n) is 13.8. The number of ether oxygens (including phenoxy) is 1. The van der Waals surface area contributed by atoms with E-state index in [9.17, 15) is 19.7 Å². The standard InChI is InChI=1S/C28H39N5O5S/c1-5-6-7-8-9-10-11-12-13-14-15-25(38-24-18-16-23(17-19-24)33(36)37)27-30-31(21(3)34)28-26(39-22(4)35)20(2)29-32(27)28/h16-19,25H,5-15H2,1-4H3. The number of aromatic nitrogens is 4. The van der Waals surface area contributed by atoms with Crippen LogP contribution >= 0.6 is 11.8 Å². The average molecular weight is 558 g/mol. The van der Waals surface area contributed by atoms with E-state index in [1.807, 2.05) is 0 Å². The molecule has 0 spiro atoms. The van der Waals surface area contributed by atoms with Crippen LogP contribution in [0.4, 0.5) is 5.69 Å². The van der Waals surface area contributed by atoms with Gasteiger partial charge in [-0.3, -0.25) is 19.7 Å². The summed E-state index contributed by atoms with van der Waals surface area (Å²) in [4.78, 5) is 35.6. The number of rotatable bonds is 16. The molecule has 1 unspecified atom stereocenters.